The van der Waals surface area contributed by atoms with E-state index < -0.39 is 12.0 Å². The summed E-state index contributed by atoms with van der Waals surface area (Å²) in [6.45, 7) is 5.96. The lowest BCUT2D eigenvalue weighted by atomic mass is 9.96. The maximum Gasteiger partial charge on any atom is 0.330 e. The number of carbonyl (C=O) groups excluding carboxylic acids is 1. The predicted molar refractivity (Wildman–Crippen MR) is 97.4 cm³/mol. The highest BCUT2D eigenvalue weighted by Crippen LogP contribution is 2.20. The van der Waals surface area contributed by atoms with Crippen LogP contribution in [0.1, 0.15) is 56.9 Å². The van der Waals surface area contributed by atoms with Crippen molar-refractivity contribution in [2.24, 2.45) is 0 Å². The lowest BCUT2D eigenvalue weighted by Crippen LogP contribution is -2.33. The van der Waals surface area contributed by atoms with E-state index in [9.17, 15) is 14.7 Å². The molecule has 0 fully saturated rings. The highest BCUT2D eigenvalue weighted by Gasteiger charge is 2.23. The second kappa shape index (κ2) is 8.66. The number of nitrogens with one attached hydrogen (secondary N) is 1. The minimum absolute atomic E-state index is 0.160. The van der Waals surface area contributed by atoms with E-state index >= 15 is 0 Å². The molecule has 1 unspecified atom stereocenters. The normalized spacial score (nSPS) is 12.4. The van der Waals surface area contributed by atoms with E-state index in [0.29, 0.717) is 35.9 Å². The number of amides is 1. The van der Waals surface area contributed by atoms with Crippen molar-refractivity contribution in [1.82, 2.24) is 15.5 Å². The van der Waals surface area contributed by atoms with Gasteiger partial charge in [-0.3, -0.25) is 4.79 Å². The smallest absolute Gasteiger partial charge is 0.330 e. The summed E-state index contributed by atoms with van der Waals surface area (Å²) in [4.78, 5) is 28.0. The zero-order valence-corrected chi connectivity index (χ0v) is 16.0. The predicted octanol–water partition coefficient (Wildman–Crippen LogP) is 2.64. The monoisotopic (exact) mass is 375 g/mol. The van der Waals surface area contributed by atoms with Gasteiger partial charge in [0.05, 0.1) is 7.11 Å². The number of carbonyl (C=O) groups is 2. The number of carboxylic acid groups (broad SMARTS) is 1. The van der Waals surface area contributed by atoms with E-state index in [-0.39, 0.29) is 17.7 Å². The number of hydrogen-bond acceptors (Lipinski definition) is 6. The Kier molecular flexibility index (Phi) is 6.55. The highest BCUT2D eigenvalue weighted by atomic mass is 16.5. The average Bonchev–Trinajstić information content (AvgIpc) is 3.09. The first-order valence-corrected chi connectivity index (χ1v) is 8.70. The first-order chi connectivity index (χ1) is 12.7. The summed E-state index contributed by atoms with van der Waals surface area (Å²) in [5, 5.41) is 15.9. The molecule has 0 aliphatic heterocycles. The molecule has 27 heavy (non-hydrogen) atoms. The number of ether oxygens (including phenoxy) is 1. The molecular formula is C19H25N3O5. The quantitative estimate of drug-likeness (QED) is 0.729. The number of benzene rings is 1. The molecule has 0 saturated heterocycles. The molecule has 8 nitrogen and oxygen atoms in total. The van der Waals surface area contributed by atoms with Gasteiger partial charge in [-0.1, -0.05) is 38.1 Å². The topological polar surface area (TPSA) is 115 Å². The zero-order valence-electron chi connectivity index (χ0n) is 16.0. The Balaban J connectivity index is 1.88. The molecule has 1 amide bonds. The Morgan fingerprint density at radius 3 is 2.44 bits per heavy atom. The maximum absolute atomic E-state index is 12.1. The Morgan fingerprint density at radius 1 is 1.26 bits per heavy atom. The summed E-state index contributed by atoms with van der Waals surface area (Å²) < 4.78 is 10.2. The van der Waals surface area contributed by atoms with Gasteiger partial charge in [0.15, 0.2) is 11.9 Å². The van der Waals surface area contributed by atoms with E-state index in [1.54, 1.807) is 24.3 Å². The number of aryl methyl sites for hydroxylation is 1. The third kappa shape index (κ3) is 5.80. The molecule has 1 atom stereocenters. The van der Waals surface area contributed by atoms with Crippen molar-refractivity contribution in [3.05, 3.63) is 41.5 Å². The van der Waals surface area contributed by atoms with Crippen molar-refractivity contribution in [2.45, 2.75) is 51.5 Å². The Morgan fingerprint density at radius 2 is 1.93 bits per heavy atom. The number of hydrogen-bond donors (Lipinski definition) is 2. The molecule has 8 heteroatoms. The summed E-state index contributed by atoms with van der Waals surface area (Å²) in [6, 6.07) is 5.42. The molecule has 2 rings (SSSR count). The zero-order chi connectivity index (χ0) is 20.0. The van der Waals surface area contributed by atoms with Gasteiger partial charge in [0, 0.05) is 18.3 Å². The fraction of sp³-hybridized carbons (Fsp3) is 0.474. The van der Waals surface area contributed by atoms with Crippen LogP contribution < -0.4 is 10.1 Å². The van der Waals surface area contributed by atoms with E-state index in [0.717, 1.165) is 0 Å². The van der Waals surface area contributed by atoms with Gasteiger partial charge >= 0.3 is 5.97 Å². The second-order valence-corrected chi connectivity index (χ2v) is 7.23. The molecule has 0 radical (unpaired) electrons. The Labute approximate surface area is 157 Å². The Hall–Kier alpha value is -2.90. The first kappa shape index (κ1) is 20.4. The fourth-order valence-corrected chi connectivity index (χ4v) is 2.38. The number of rotatable bonds is 8. The van der Waals surface area contributed by atoms with Gasteiger partial charge in [-0.05, 0) is 24.1 Å². The largest absolute Gasteiger partial charge is 0.497 e. The molecule has 0 bridgehead atoms. The van der Waals surface area contributed by atoms with Crippen LogP contribution in [-0.2, 0) is 21.4 Å². The van der Waals surface area contributed by atoms with Crippen molar-refractivity contribution < 1.29 is 24.0 Å². The highest BCUT2D eigenvalue weighted by molar-refractivity contribution is 5.84. The third-order valence-corrected chi connectivity index (χ3v) is 3.93. The molecule has 146 valence electrons. The summed E-state index contributed by atoms with van der Waals surface area (Å²) in [6.07, 6.45) is 1.09. The Bertz CT molecular complexity index is 777. The fourth-order valence-electron chi connectivity index (χ4n) is 2.38. The van der Waals surface area contributed by atoms with Crippen LogP contribution in [0.25, 0.3) is 0 Å². The van der Waals surface area contributed by atoms with Crippen LogP contribution in [0.5, 0.6) is 5.75 Å². The molecule has 0 aliphatic carbocycles. The van der Waals surface area contributed by atoms with Crippen LogP contribution in [0.3, 0.4) is 0 Å². The minimum Gasteiger partial charge on any atom is -0.497 e. The van der Waals surface area contributed by atoms with Gasteiger partial charge in [-0.2, -0.15) is 4.98 Å². The average molecular weight is 375 g/mol. The van der Waals surface area contributed by atoms with Gasteiger partial charge < -0.3 is 19.7 Å². The number of aliphatic carboxylic acids is 1. The number of aromatic nitrogens is 2. The molecule has 2 N–H and O–H groups in total. The number of nitrogens with zero attached hydrogens (tertiary/aromatic N) is 2. The summed E-state index contributed by atoms with van der Waals surface area (Å²) >= 11 is 0. The lowest BCUT2D eigenvalue weighted by Gasteiger charge is -2.15. The molecule has 0 aliphatic rings. The molecule has 0 spiro atoms. The number of carboxylic acids is 1. The van der Waals surface area contributed by atoms with Crippen LogP contribution in [-0.4, -0.2) is 34.2 Å². The third-order valence-electron chi connectivity index (χ3n) is 3.93. The second-order valence-electron chi connectivity index (χ2n) is 7.23. The summed E-state index contributed by atoms with van der Waals surface area (Å²) in [5.41, 5.74) is 0.273. The van der Waals surface area contributed by atoms with Crippen molar-refractivity contribution in [2.75, 3.05) is 7.11 Å². The van der Waals surface area contributed by atoms with Crippen molar-refractivity contribution in [3.63, 3.8) is 0 Å². The van der Waals surface area contributed by atoms with E-state index in [1.165, 1.54) is 7.11 Å². The molecule has 1 heterocycles. The van der Waals surface area contributed by atoms with Crippen LogP contribution in [0.2, 0.25) is 0 Å². The molecule has 0 saturated carbocycles. The molecule has 2 aromatic rings. The van der Waals surface area contributed by atoms with Gasteiger partial charge in [0.25, 0.3) is 0 Å². The minimum atomic E-state index is -1.12. The van der Waals surface area contributed by atoms with E-state index in [1.807, 2.05) is 20.8 Å². The summed E-state index contributed by atoms with van der Waals surface area (Å²) in [7, 11) is 1.53. The van der Waals surface area contributed by atoms with Crippen molar-refractivity contribution in [3.8, 4) is 5.75 Å². The van der Waals surface area contributed by atoms with Gasteiger partial charge in [-0.15, -0.1) is 0 Å². The first-order valence-electron chi connectivity index (χ1n) is 8.70. The van der Waals surface area contributed by atoms with Gasteiger partial charge in [-0.25, -0.2) is 4.79 Å². The summed E-state index contributed by atoms with van der Waals surface area (Å²) in [5.74, 6) is 0.225. The SMILES string of the molecule is COc1ccc(C(NC(=O)CCCc2nc(C(C)(C)C)no2)C(=O)O)cc1. The standard InChI is InChI=1S/C19H25N3O5/c1-19(2,3)18-21-15(27-22-18)7-5-6-14(23)20-16(17(24)25)12-8-10-13(26-4)11-9-12/h8-11,16H,5-7H2,1-4H3,(H,20,23)(H,24,25). The van der Waals surface area contributed by atoms with Crippen molar-refractivity contribution in [1.29, 1.82) is 0 Å². The van der Waals surface area contributed by atoms with Crippen LogP contribution in [0.15, 0.2) is 28.8 Å². The van der Waals surface area contributed by atoms with E-state index in [4.69, 9.17) is 9.26 Å². The van der Waals surface area contributed by atoms with Gasteiger partial charge in [0.1, 0.15) is 5.75 Å². The van der Waals surface area contributed by atoms with Crippen molar-refractivity contribution >= 4 is 11.9 Å². The van der Waals surface area contributed by atoms with Crippen LogP contribution >= 0.6 is 0 Å². The lowest BCUT2D eigenvalue weighted by molar-refractivity contribution is -0.142. The van der Waals surface area contributed by atoms with Crippen LogP contribution in [0, 0.1) is 0 Å². The molecule has 1 aromatic heterocycles. The molecule has 1 aromatic carbocycles. The molecular weight excluding hydrogens is 350 g/mol. The van der Waals surface area contributed by atoms with Crippen LogP contribution in [0.4, 0.5) is 0 Å². The van der Waals surface area contributed by atoms with Gasteiger partial charge in [0.2, 0.25) is 11.8 Å². The maximum atomic E-state index is 12.1. The van der Waals surface area contributed by atoms with E-state index in [2.05, 4.69) is 15.5 Å². The number of methoxy groups -OCH3 is 1.